The highest BCUT2D eigenvalue weighted by Gasteiger charge is 2.29. The molecule has 0 aliphatic rings. The van der Waals surface area contributed by atoms with Crippen LogP contribution in [0.5, 0.6) is 0 Å². The van der Waals surface area contributed by atoms with Gasteiger partial charge in [0, 0.05) is 5.92 Å². The SMILES string of the molecule is C.CC(C)C(CC(C)(C)C)C(=O)OCC(CO)CO. The molecule has 0 rings (SSSR count). The van der Waals surface area contributed by atoms with Gasteiger partial charge in [-0.25, -0.2) is 0 Å². The summed E-state index contributed by atoms with van der Waals surface area (Å²) in [5.41, 5.74) is 0.0707. The summed E-state index contributed by atoms with van der Waals surface area (Å²) in [5, 5.41) is 17.8. The van der Waals surface area contributed by atoms with Gasteiger partial charge in [0.15, 0.2) is 0 Å². The summed E-state index contributed by atoms with van der Waals surface area (Å²) in [4.78, 5) is 12.0. The highest BCUT2D eigenvalue weighted by atomic mass is 16.5. The van der Waals surface area contributed by atoms with Crippen molar-refractivity contribution in [2.75, 3.05) is 19.8 Å². The molecule has 0 aromatic heterocycles. The topological polar surface area (TPSA) is 66.8 Å². The first-order chi connectivity index (χ1) is 8.21. The van der Waals surface area contributed by atoms with Gasteiger partial charge in [0.2, 0.25) is 0 Å². The van der Waals surface area contributed by atoms with Crippen LogP contribution in [0.4, 0.5) is 0 Å². The summed E-state index contributed by atoms with van der Waals surface area (Å²) in [6.45, 7) is 10.0. The van der Waals surface area contributed by atoms with E-state index < -0.39 is 0 Å². The molecule has 0 fully saturated rings. The van der Waals surface area contributed by atoms with Gasteiger partial charge in [0.05, 0.1) is 25.7 Å². The molecule has 0 aromatic rings. The van der Waals surface area contributed by atoms with E-state index >= 15 is 0 Å². The molecule has 0 spiro atoms. The minimum Gasteiger partial charge on any atom is -0.465 e. The number of aliphatic hydroxyl groups excluding tert-OH is 2. The summed E-state index contributed by atoms with van der Waals surface area (Å²) in [5.74, 6) is -0.523. The fraction of sp³-hybridized carbons (Fsp3) is 0.933. The second-order valence-electron chi connectivity index (χ2n) is 6.48. The van der Waals surface area contributed by atoms with E-state index in [-0.39, 0.29) is 56.4 Å². The first-order valence-corrected chi connectivity index (χ1v) is 6.59. The Morgan fingerprint density at radius 1 is 1.16 bits per heavy atom. The number of aliphatic hydroxyl groups is 2. The first kappa shape index (κ1) is 20.7. The zero-order chi connectivity index (χ0) is 14.3. The molecule has 0 radical (unpaired) electrons. The molecule has 4 heteroatoms. The van der Waals surface area contributed by atoms with Gasteiger partial charge in [-0.1, -0.05) is 42.0 Å². The van der Waals surface area contributed by atoms with Crippen LogP contribution in [-0.4, -0.2) is 36.0 Å². The van der Waals surface area contributed by atoms with Crippen molar-refractivity contribution in [1.29, 1.82) is 0 Å². The Labute approximate surface area is 118 Å². The Hall–Kier alpha value is -0.610. The molecule has 4 nitrogen and oxygen atoms in total. The lowest BCUT2D eigenvalue weighted by atomic mass is 9.80. The summed E-state index contributed by atoms with van der Waals surface area (Å²) in [6.07, 6.45) is 0.770. The Morgan fingerprint density at radius 3 is 1.95 bits per heavy atom. The van der Waals surface area contributed by atoms with Gasteiger partial charge in [-0.15, -0.1) is 0 Å². The highest BCUT2D eigenvalue weighted by molar-refractivity contribution is 5.72. The van der Waals surface area contributed by atoms with Gasteiger partial charge in [0.25, 0.3) is 0 Å². The maximum Gasteiger partial charge on any atom is 0.309 e. The third-order valence-electron chi connectivity index (χ3n) is 2.92. The minimum absolute atomic E-state index is 0. The average Bonchev–Trinajstić information content (AvgIpc) is 2.25. The lowest BCUT2D eigenvalue weighted by Gasteiger charge is -2.27. The number of ether oxygens (including phenoxy) is 1. The minimum atomic E-state index is -0.378. The highest BCUT2D eigenvalue weighted by Crippen LogP contribution is 2.29. The molecule has 0 aliphatic carbocycles. The molecule has 0 aliphatic heterocycles. The van der Waals surface area contributed by atoms with Crippen LogP contribution in [0.15, 0.2) is 0 Å². The van der Waals surface area contributed by atoms with Crippen molar-refractivity contribution in [3.63, 3.8) is 0 Å². The summed E-state index contributed by atoms with van der Waals surface area (Å²) in [6, 6.07) is 0. The first-order valence-electron chi connectivity index (χ1n) is 6.59. The summed E-state index contributed by atoms with van der Waals surface area (Å²) < 4.78 is 5.20. The molecule has 2 N–H and O–H groups in total. The predicted molar refractivity (Wildman–Crippen MR) is 77.8 cm³/mol. The van der Waals surface area contributed by atoms with E-state index in [1.165, 1.54) is 0 Å². The van der Waals surface area contributed by atoms with Crippen LogP contribution in [-0.2, 0) is 9.53 Å². The van der Waals surface area contributed by atoms with Gasteiger partial charge in [0.1, 0.15) is 0 Å². The van der Waals surface area contributed by atoms with Gasteiger partial charge >= 0.3 is 5.97 Å². The molecule has 0 bridgehead atoms. The monoisotopic (exact) mass is 276 g/mol. The number of hydrogen-bond donors (Lipinski definition) is 2. The van der Waals surface area contributed by atoms with E-state index in [1.54, 1.807) is 0 Å². The summed E-state index contributed by atoms with van der Waals surface area (Å²) >= 11 is 0. The maximum absolute atomic E-state index is 12.0. The zero-order valence-corrected chi connectivity index (χ0v) is 12.3. The molecule has 0 saturated heterocycles. The van der Waals surface area contributed by atoms with Crippen LogP contribution < -0.4 is 0 Å². The van der Waals surface area contributed by atoms with E-state index in [9.17, 15) is 4.79 Å². The quantitative estimate of drug-likeness (QED) is 0.701. The molecule has 116 valence electrons. The van der Waals surface area contributed by atoms with Crippen molar-refractivity contribution in [1.82, 2.24) is 0 Å². The van der Waals surface area contributed by atoms with E-state index in [2.05, 4.69) is 20.8 Å². The van der Waals surface area contributed by atoms with E-state index in [1.807, 2.05) is 13.8 Å². The van der Waals surface area contributed by atoms with Crippen molar-refractivity contribution < 1.29 is 19.7 Å². The average molecular weight is 276 g/mol. The van der Waals surface area contributed by atoms with E-state index in [0.717, 1.165) is 6.42 Å². The lowest BCUT2D eigenvalue weighted by molar-refractivity contribution is -0.153. The van der Waals surface area contributed by atoms with E-state index in [4.69, 9.17) is 14.9 Å². The Kier molecular flexibility index (Phi) is 10.2. The van der Waals surface area contributed by atoms with Crippen LogP contribution in [0.3, 0.4) is 0 Å². The summed E-state index contributed by atoms with van der Waals surface area (Å²) in [7, 11) is 0. The molecule has 0 saturated carbocycles. The molecular formula is C15H32O4. The molecule has 19 heavy (non-hydrogen) atoms. The Balaban J connectivity index is 0. The fourth-order valence-electron chi connectivity index (χ4n) is 1.72. The zero-order valence-electron chi connectivity index (χ0n) is 12.3. The molecule has 0 heterocycles. The fourth-order valence-corrected chi connectivity index (χ4v) is 1.72. The van der Waals surface area contributed by atoms with Crippen molar-refractivity contribution in [2.24, 2.45) is 23.2 Å². The number of carbonyl (C=O) groups is 1. The molecular weight excluding hydrogens is 244 g/mol. The smallest absolute Gasteiger partial charge is 0.309 e. The third kappa shape index (κ3) is 9.00. The van der Waals surface area contributed by atoms with Crippen molar-refractivity contribution >= 4 is 5.97 Å². The van der Waals surface area contributed by atoms with Gasteiger partial charge < -0.3 is 14.9 Å². The van der Waals surface area contributed by atoms with Crippen LogP contribution >= 0.6 is 0 Å². The number of rotatable bonds is 7. The van der Waals surface area contributed by atoms with E-state index in [0.29, 0.717) is 0 Å². The van der Waals surface area contributed by atoms with Gasteiger partial charge in [-0.2, -0.15) is 0 Å². The second kappa shape index (κ2) is 9.32. The molecule has 0 amide bonds. The van der Waals surface area contributed by atoms with Crippen LogP contribution in [0.1, 0.15) is 48.5 Å². The second-order valence-corrected chi connectivity index (χ2v) is 6.48. The standard InChI is InChI=1S/C14H28O4.CH4/c1-10(2)12(6-14(3,4)5)13(17)18-9-11(7-15)8-16;/h10-12,15-16H,6-9H2,1-5H3;1H4. The van der Waals surface area contributed by atoms with Crippen LogP contribution in [0, 0.1) is 23.2 Å². The lowest BCUT2D eigenvalue weighted by Crippen LogP contribution is -2.30. The maximum atomic E-state index is 12.0. The van der Waals surface area contributed by atoms with Crippen molar-refractivity contribution in [2.45, 2.75) is 48.5 Å². The largest absolute Gasteiger partial charge is 0.465 e. The molecule has 1 unspecified atom stereocenters. The van der Waals surface area contributed by atoms with Crippen molar-refractivity contribution in [3.05, 3.63) is 0 Å². The normalized spacial score (nSPS) is 13.3. The van der Waals surface area contributed by atoms with Gasteiger partial charge in [-0.05, 0) is 17.8 Å². The number of esters is 1. The molecule has 0 aromatic carbocycles. The third-order valence-corrected chi connectivity index (χ3v) is 2.92. The number of hydrogen-bond acceptors (Lipinski definition) is 4. The predicted octanol–water partition coefficient (Wildman–Crippen LogP) is 2.47. The van der Waals surface area contributed by atoms with Crippen molar-refractivity contribution in [3.8, 4) is 0 Å². The Bertz CT molecular complexity index is 239. The van der Waals surface area contributed by atoms with Crippen LogP contribution in [0.2, 0.25) is 0 Å². The van der Waals surface area contributed by atoms with Gasteiger partial charge in [-0.3, -0.25) is 4.79 Å². The molecule has 1 atom stereocenters. The van der Waals surface area contributed by atoms with Crippen LogP contribution in [0.25, 0.3) is 0 Å². The Morgan fingerprint density at radius 2 is 1.63 bits per heavy atom. The number of carbonyl (C=O) groups excluding carboxylic acids is 1.